The summed E-state index contributed by atoms with van der Waals surface area (Å²) in [6.07, 6.45) is -0.343. The Kier molecular flexibility index (Phi) is 8.12. The van der Waals surface area contributed by atoms with Crippen LogP contribution in [-0.2, 0) is 12.6 Å². The number of alkyl halides is 3. The molecule has 3 aliphatic rings. The second kappa shape index (κ2) is 12.1. The number of hydrogen-bond donors (Lipinski definition) is 1. The fourth-order valence-electron chi connectivity index (χ4n) is 6.02. The number of amidine groups is 1. The normalized spacial score (nSPS) is 17.8. The predicted octanol–water partition coefficient (Wildman–Crippen LogP) is 4.89. The van der Waals surface area contributed by atoms with E-state index in [4.69, 9.17) is 5.11 Å². The smallest absolute Gasteiger partial charge is 0.453 e. The maximum atomic E-state index is 13.3. The van der Waals surface area contributed by atoms with Crippen molar-refractivity contribution < 1.29 is 27.9 Å². The van der Waals surface area contributed by atoms with Gasteiger partial charge in [0.2, 0.25) is 0 Å². The van der Waals surface area contributed by atoms with Gasteiger partial charge >= 0.3 is 12.1 Å². The van der Waals surface area contributed by atoms with Crippen LogP contribution in [0.15, 0.2) is 53.6 Å². The zero-order valence-electron chi connectivity index (χ0n) is 23.9. The number of aryl methyl sites for hydroxylation is 1. The van der Waals surface area contributed by atoms with Crippen molar-refractivity contribution in [1.29, 1.82) is 0 Å². The van der Waals surface area contributed by atoms with E-state index in [0.717, 1.165) is 49.0 Å². The zero-order chi connectivity index (χ0) is 30.8. The summed E-state index contributed by atoms with van der Waals surface area (Å²) in [7, 11) is 0. The van der Waals surface area contributed by atoms with E-state index in [9.17, 15) is 22.8 Å². The molecule has 228 valence electrons. The van der Waals surface area contributed by atoms with Crippen molar-refractivity contribution in [3.05, 3.63) is 82.4 Å². The van der Waals surface area contributed by atoms with Crippen LogP contribution in [0.3, 0.4) is 0 Å². The van der Waals surface area contributed by atoms with Crippen LogP contribution in [-0.4, -0.2) is 73.7 Å². The SMILES string of the molecule is O=C(O)c1ccc(C(=O)N2CCC(C#Cc3ccc(C4CCN(C5=Nn6c(nnc6C(F)(F)F)CC5)CC4)cc3)CC2)cc1. The summed E-state index contributed by atoms with van der Waals surface area (Å²) in [5.74, 6) is 5.89. The first-order valence-corrected chi connectivity index (χ1v) is 14.7. The van der Waals surface area contributed by atoms with Gasteiger partial charge in [0.1, 0.15) is 5.84 Å². The van der Waals surface area contributed by atoms with Crippen LogP contribution in [0.2, 0.25) is 0 Å². The number of piperidine rings is 2. The molecule has 4 heterocycles. The van der Waals surface area contributed by atoms with Crippen LogP contribution < -0.4 is 0 Å². The molecule has 0 atom stereocenters. The van der Waals surface area contributed by atoms with E-state index in [-0.39, 0.29) is 23.2 Å². The Labute approximate surface area is 252 Å². The molecule has 0 unspecified atom stereocenters. The van der Waals surface area contributed by atoms with Crippen molar-refractivity contribution in [3.63, 3.8) is 0 Å². The van der Waals surface area contributed by atoms with Gasteiger partial charge in [0.15, 0.2) is 5.82 Å². The molecule has 2 fully saturated rings. The van der Waals surface area contributed by atoms with Crippen molar-refractivity contribution in [3.8, 4) is 11.8 Å². The van der Waals surface area contributed by atoms with E-state index >= 15 is 0 Å². The minimum Gasteiger partial charge on any atom is -0.478 e. The fourth-order valence-corrected chi connectivity index (χ4v) is 6.02. The molecule has 1 aromatic heterocycles. The number of aromatic nitrogens is 3. The molecule has 2 saturated heterocycles. The molecule has 0 saturated carbocycles. The highest BCUT2D eigenvalue weighted by Crippen LogP contribution is 2.32. The van der Waals surface area contributed by atoms with Gasteiger partial charge in [0, 0.05) is 56.1 Å². The molecule has 6 rings (SSSR count). The van der Waals surface area contributed by atoms with Crippen LogP contribution in [0, 0.1) is 17.8 Å². The predicted molar refractivity (Wildman–Crippen MR) is 155 cm³/mol. The second-order valence-corrected chi connectivity index (χ2v) is 11.4. The Bertz CT molecular complexity index is 1620. The highest BCUT2D eigenvalue weighted by Gasteiger charge is 2.40. The van der Waals surface area contributed by atoms with Crippen LogP contribution in [0.1, 0.15) is 81.5 Å². The number of likely N-dealkylation sites (tertiary alicyclic amines) is 2. The first-order valence-electron chi connectivity index (χ1n) is 14.7. The van der Waals surface area contributed by atoms with E-state index in [0.29, 0.717) is 43.2 Å². The molecular formula is C32H31F3N6O3. The first-order chi connectivity index (χ1) is 21.2. The molecule has 3 aliphatic heterocycles. The number of carboxylic acid groups (broad SMARTS) is 1. The van der Waals surface area contributed by atoms with E-state index in [1.54, 1.807) is 17.0 Å². The van der Waals surface area contributed by atoms with Crippen molar-refractivity contribution in [1.82, 2.24) is 24.7 Å². The molecule has 0 aliphatic carbocycles. The summed E-state index contributed by atoms with van der Waals surface area (Å²) >= 11 is 0. The Balaban J connectivity index is 0.992. The molecule has 0 bridgehead atoms. The van der Waals surface area contributed by atoms with Crippen molar-refractivity contribution in [2.75, 3.05) is 26.2 Å². The van der Waals surface area contributed by atoms with Crippen molar-refractivity contribution in [2.24, 2.45) is 11.0 Å². The number of carboxylic acids is 1. The van der Waals surface area contributed by atoms with Gasteiger partial charge in [-0.2, -0.15) is 22.9 Å². The highest BCUT2D eigenvalue weighted by atomic mass is 19.4. The lowest BCUT2D eigenvalue weighted by Crippen LogP contribution is -2.40. The lowest BCUT2D eigenvalue weighted by molar-refractivity contribution is -0.147. The monoisotopic (exact) mass is 604 g/mol. The number of nitrogens with zero attached hydrogens (tertiary/aromatic N) is 6. The van der Waals surface area contributed by atoms with Gasteiger partial charge in [-0.1, -0.05) is 24.0 Å². The van der Waals surface area contributed by atoms with Gasteiger partial charge in [-0.25, -0.2) is 4.79 Å². The minimum absolute atomic E-state index is 0.0956. The van der Waals surface area contributed by atoms with Crippen LogP contribution in [0.4, 0.5) is 13.2 Å². The number of carbonyl (C=O) groups excluding carboxylic acids is 1. The molecule has 3 aromatic rings. The van der Waals surface area contributed by atoms with Crippen LogP contribution in [0.5, 0.6) is 0 Å². The molecular weight excluding hydrogens is 573 g/mol. The third-order valence-corrected chi connectivity index (χ3v) is 8.57. The highest BCUT2D eigenvalue weighted by molar-refractivity contribution is 5.96. The van der Waals surface area contributed by atoms with Gasteiger partial charge in [0.05, 0.1) is 5.56 Å². The topological polar surface area (TPSA) is 104 Å². The number of rotatable bonds is 3. The largest absolute Gasteiger partial charge is 0.478 e. The standard InChI is InChI=1S/C32H31F3N6O3/c33-32(34,35)31-37-36-27-11-12-28(38-41(27)31)39-19-15-24(16-20-39)23-5-3-21(4-6-23)1-2-22-13-17-40(18-14-22)29(42)25-7-9-26(10-8-25)30(43)44/h3-10,22,24H,11-20H2,(H,43,44). The van der Waals surface area contributed by atoms with Gasteiger partial charge in [-0.3, -0.25) is 4.79 Å². The third-order valence-electron chi connectivity index (χ3n) is 8.57. The average Bonchev–Trinajstić information content (AvgIpc) is 3.48. The third kappa shape index (κ3) is 6.32. The lowest BCUT2D eigenvalue weighted by atomic mass is 9.88. The molecule has 44 heavy (non-hydrogen) atoms. The maximum Gasteiger partial charge on any atom is 0.453 e. The number of halogens is 3. The molecule has 1 amide bonds. The number of fused-ring (bicyclic) bond motifs is 1. The van der Waals surface area contributed by atoms with E-state index in [1.807, 2.05) is 12.1 Å². The summed E-state index contributed by atoms with van der Waals surface area (Å²) in [4.78, 5) is 27.7. The zero-order valence-corrected chi connectivity index (χ0v) is 23.9. The van der Waals surface area contributed by atoms with E-state index < -0.39 is 18.0 Å². The Hall–Kier alpha value is -4.66. The van der Waals surface area contributed by atoms with E-state index in [1.165, 1.54) is 17.7 Å². The minimum atomic E-state index is -4.60. The summed E-state index contributed by atoms with van der Waals surface area (Å²) in [5, 5.41) is 20.3. The van der Waals surface area contributed by atoms with E-state index in [2.05, 4.69) is 44.2 Å². The van der Waals surface area contributed by atoms with Crippen LogP contribution >= 0.6 is 0 Å². The number of aromatic carboxylic acids is 1. The van der Waals surface area contributed by atoms with Gasteiger partial charge in [-0.05, 0) is 73.6 Å². The number of hydrogen-bond acceptors (Lipinski definition) is 6. The second-order valence-electron chi connectivity index (χ2n) is 11.4. The number of benzene rings is 2. The molecule has 9 nitrogen and oxygen atoms in total. The number of carbonyl (C=O) groups is 2. The number of amides is 1. The Morgan fingerprint density at radius 1 is 0.841 bits per heavy atom. The Morgan fingerprint density at radius 3 is 2.14 bits per heavy atom. The lowest BCUT2D eigenvalue weighted by Gasteiger charge is -2.35. The summed E-state index contributed by atoms with van der Waals surface area (Å²) in [5.41, 5.74) is 2.80. The Morgan fingerprint density at radius 2 is 1.50 bits per heavy atom. The molecule has 0 radical (unpaired) electrons. The fraction of sp³-hybridized carbons (Fsp3) is 0.406. The van der Waals surface area contributed by atoms with Crippen LogP contribution in [0.25, 0.3) is 0 Å². The maximum absolute atomic E-state index is 13.3. The first kappa shape index (κ1) is 29.4. The van der Waals surface area contributed by atoms with Gasteiger partial charge in [-0.15, -0.1) is 10.2 Å². The molecule has 12 heteroatoms. The molecule has 1 N–H and O–H groups in total. The summed E-state index contributed by atoms with van der Waals surface area (Å²) in [6, 6.07) is 14.3. The summed E-state index contributed by atoms with van der Waals surface area (Å²) < 4.78 is 40.7. The van der Waals surface area contributed by atoms with Gasteiger partial charge in [0.25, 0.3) is 11.7 Å². The van der Waals surface area contributed by atoms with Gasteiger partial charge < -0.3 is 14.9 Å². The van der Waals surface area contributed by atoms with Crippen molar-refractivity contribution in [2.45, 2.75) is 50.6 Å². The average molecular weight is 605 g/mol. The molecule has 0 spiro atoms. The summed E-state index contributed by atoms with van der Waals surface area (Å²) in [6.45, 7) is 2.65. The molecule has 2 aromatic carbocycles. The van der Waals surface area contributed by atoms with Crippen molar-refractivity contribution >= 4 is 17.7 Å². The quantitative estimate of drug-likeness (QED) is 0.428.